The number of esters is 2. The molecule has 0 aromatic carbocycles. The standard InChI is InChI=1S/C25H36O9/c1-8-13(4)22(27)33-20-18-15(6)23(28)32-19(18)21(31-11-17(26)12(2)3)24(7,29)10-16-9-14(5)25(20,30)34-16/h8,12,14,16,18-21,29-30H,6,9-11H2,1-5,7H3/b13-8-/t14-,16+,18-,19-,20-,21+,24-,25-/m1/s1. The highest BCUT2D eigenvalue weighted by Crippen LogP contribution is 2.50. The van der Waals surface area contributed by atoms with Crippen molar-refractivity contribution in [3.63, 3.8) is 0 Å². The molecule has 3 aliphatic heterocycles. The van der Waals surface area contributed by atoms with Crippen LogP contribution in [0.5, 0.6) is 0 Å². The number of rotatable bonds is 6. The second-order valence-electron chi connectivity index (χ2n) is 10.3. The summed E-state index contributed by atoms with van der Waals surface area (Å²) in [5.74, 6) is -5.44. The Balaban J connectivity index is 2.11. The largest absolute Gasteiger partial charge is 0.455 e. The van der Waals surface area contributed by atoms with Gasteiger partial charge in [0.25, 0.3) is 0 Å². The summed E-state index contributed by atoms with van der Waals surface area (Å²) in [7, 11) is 0. The number of ketones is 1. The number of allylic oxidation sites excluding steroid dienone is 1. The molecule has 3 rings (SSSR count). The fraction of sp³-hybridized carbons (Fsp3) is 0.720. The van der Waals surface area contributed by atoms with Crippen molar-refractivity contribution in [3.05, 3.63) is 23.8 Å². The first-order valence-corrected chi connectivity index (χ1v) is 11.7. The van der Waals surface area contributed by atoms with Gasteiger partial charge in [-0.1, -0.05) is 33.4 Å². The third-order valence-corrected chi connectivity index (χ3v) is 7.26. The Morgan fingerprint density at radius 3 is 2.53 bits per heavy atom. The van der Waals surface area contributed by atoms with Crippen LogP contribution in [0.1, 0.15) is 54.4 Å². The molecular formula is C25H36O9. The van der Waals surface area contributed by atoms with Crippen LogP contribution in [-0.2, 0) is 33.3 Å². The van der Waals surface area contributed by atoms with Crippen LogP contribution in [0.4, 0.5) is 0 Å². The first-order chi connectivity index (χ1) is 15.7. The van der Waals surface area contributed by atoms with Gasteiger partial charge in [0.1, 0.15) is 18.8 Å². The summed E-state index contributed by atoms with van der Waals surface area (Å²) in [5, 5.41) is 23.2. The van der Waals surface area contributed by atoms with Crippen LogP contribution in [0.15, 0.2) is 23.8 Å². The molecule has 2 N–H and O–H groups in total. The summed E-state index contributed by atoms with van der Waals surface area (Å²) < 4.78 is 23.3. The average Bonchev–Trinajstić information content (AvgIpc) is 3.19. The highest BCUT2D eigenvalue weighted by Gasteiger charge is 2.64. The smallest absolute Gasteiger partial charge is 0.334 e. The molecule has 2 bridgehead atoms. The van der Waals surface area contributed by atoms with E-state index in [1.807, 2.05) is 0 Å². The lowest BCUT2D eigenvalue weighted by Gasteiger charge is -2.41. The van der Waals surface area contributed by atoms with E-state index in [1.165, 1.54) is 6.92 Å². The van der Waals surface area contributed by atoms with Crippen LogP contribution in [0.3, 0.4) is 0 Å². The van der Waals surface area contributed by atoms with E-state index < -0.39 is 59.6 Å². The zero-order chi connectivity index (χ0) is 25.6. The zero-order valence-corrected chi connectivity index (χ0v) is 20.7. The molecule has 3 aliphatic rings. The summed E-state index contributed by atoms with van der Waals surface area (Å²) in [6.45, 7) is 13.5. The molecule has 9 nitrogen and oxygen atoms in total. The molecule has 0 aromatic heterocycles. The molecule has 190 valence electrons. The number of fused-ring (bicyclic) bond motifs is 3. The Morgan fingerprint density at radius 2 is 1.94 bits per heavy atom. The van der Waals surface area contributed by atoms with Gasteiger partial charge in [-0.2, -0.15) is 0 Å². The van der Waals surface area contributed by atoms with E-state index >= 15 is 0 Å². The van der Waals surface area contributed by atoms with Crippen LogP contribution >= 0.6 is 0 Å². The normalized spacial score (nSPS) is 40.3. The highest BCUT2D eigenvalue weighted by molar-refractivity contribution is 5.92. The van der Waals surface area contributed by atoms with Crippen molar-refractivity contribution < 1.29 is 43.5 Å². The van der Waals surface area contributed by atoms with E-state index in [9.17, 15) is 24.6 Å². The molecule has 8 atom stereocenters. The van der Waals surface area contributed by atoms with Gasteiger partial charge in [-0.05, 0) is 27.2 Å². The van der Waals surface area contributed by atoms with Crippen LogP contribution < -0.4 is 0 Å². The molecule has 3 saturated heterocycles. The Kier molecular flexibility index (Phi) is 7.43. The number of aliphatic hydroxyl groups is 2. The molecule has 0 spiro atoms. The topological polar surface area (TPSA) is 129 Å². The lowest BCUT2D eigenvalue weighted by atomic mass is 9.75. The maximum absolute atomic E-state index is 12.8. The highest BCUT2D eigenvalue weighted by atomic mass is 16.7. The molecule has 3 fully saturated rings. The van der Waals surface area contributed by atoms with E-state index in [0.717, 1.165) is 0 Å². The van der Waals surface area contributed by atoms with Crippen molar-refractivity contribution in [2.45, 2.75) is 90.2 Å². The number of ether oxygens (including phenoxy) is 4. The van der Waals surface area contributed by atoms with Crippen LogP contribution in [0, 0.1) is 17.8 Å². The number of carbonyl (C=O) groups is 3. The number of Topliss-reactive ketones (excluding diaryl/α,β-unsaturated/α-hetero) is 1. The third kappa shape index (κ3) is 4.71. The second-order valence-corrected chi connectivity index (χ2v) is 10.3. The minimum atomic E-state index is -1.95. The molecule has 0 amide bonds. The van der Waals surface area contributed by atoms with Gasteiger partial charge < -0.3 is 29.2 Å². The maximum Gasteiger partial charge on any atom is 0.334 e. The van der Waals surface area contributed by atoms with E-state index in [-0.39, 0.29) is 30.3 Å². The number of hydrogen-bond donors (Lipinski definition) is 2. The molecule has 0 saturated carbocycles. The molecule has 34 heavy (non-hydrogen) atoms. The fourth-order valence-corrected chi connectivity index (χ4v) is 4.96. The SMILES string of the molecule is C=C1C(=O)O[C@@H]2[C@@H]1[C@@H](OC(=O)/C(C)=C\C)[C@]1(O)O[C@@H](C[C@H]1C)C[C@@](C)(O)[C@H]2OCC(=O)C(C)C. The summed E-state index contributed by atoms with van der Waals surface area (Å²) >= 11 is 0. The number of hydrogen-bond acceptors (Lipinski definition) is 9. The first-order valence-electron chi connectivity index (χ1n) is 11.7. The second kappa shape index (κ2) is 9.53. The first kappa shape index (κ1) is 26.5. The van der Waals surface area contributed by atoms with Crippen molar-refractivity contribution in [1.29, 1.82) is 0 Å². The van der Waals surface area contributed by atoms with Crippen LogP contribution in [0.25, 0.3) is 0 Å². The lowest BCUT2D eigenvalue weighted by molar-refractivity contribution is -0.277. The van der Waals surface area contributed by atoms with Gasteiger partial charge in [0.05, 0.1) is 17.6 Å². The predicted molar refractivity (Wildman–Crippen MR) is 120 cm³/mol. The van der Waals surface area contributed by atoms with Crippen molar-refractivity contribution in [2.24, 2.45) is 17.8 Å². The zero-order valence-electron chi connectivity index (χ0n) is 20.7. The summed E-state index contributed by atoms with van der Waals surface area (Å²) in [6, 6.07) is 0. The average molecular weight is 481 g/mol. The van der Waals surface area contributed by atoms with Crippen molar-refractivity contribution in [3.8, 4) is 0 Å². The Hall–Kier alpha value is -2.07. The molecule has 9 heteroatoms. The predicted octanol–water partition coefficient (Wildman–Crippen LogP) is 1.84. The van der Waals surface area contributed by atoms with E-state index in [2.05, 4.69) is 6.58 Å². The van der Waals surface area contributed by atoms with Crippen molar-refractivity contribution in [1.82, 2.24) is 0 Å². The van der Waals surface area contributed by atoms with Crippen molar-refractivity contribution in [2.75, 3.05) is 6.61 Å². The molecule has 0 radical (unpaired) electrons. The minimum absolute atomic E-state index is 0.0323. The summed E-state index contributed by atoms with van der Waals surface area (Å²) in [6.07, 6.45) is -2.29. The monoisotopic (exact) mass is 480 g/mol. The van der Waals surface area contributed by atoms with Crippen molar-refractivity contribution >= 4 is 17.7 Å². The summed E-state index contributed by atoms with van der Waals surface area (Å²) in [5.41, 5.74) is -1.32. The Labute approximate surface area is 200 Å². The summed E-state index contributed by atoms with van der Waals surface area (Å²) in [4.78, 5) is 37.8. The van der Waals surface area contributed by atoms with Gasteiger partial charge in [-0.15, -0.1) is 0 Å². The molecule has 0 unspecified atom stereocenters. The van der Waals surface area contributed by atoms with Crippen LogP contribution in [-0.4, -0.2) is 70.3 Å². The molecule has 0 aliphatic carbocycles. The van der Waals surface area contributed by atoms with Gasteiger partial charge in [0, 0.05) is 29.4 Å². The van der Waals surface area contributed by atoms with Crippen LogP contribution in [0.2, 0.25) is 0 Å². The Bertz CT molecular complexity index is 889. The van der Waals surface area contributed by atoms with Gasteiger partial charge in [0.2, 0.25) is 5.79 Å². The number of carbonyl (C=O) groups excluding carboxylic acids is 3. The Morgan fingerprint density at radius 1 is 1.29 bits per heavy atom. The van der Waals surface area contributed by atoms with Gasteiger partial charge in [-0.25, -0.2) is 9.59 Å². The van der Waals surface area contributed by atoms with E-state index in [1.54, 1.807) is 40.7 Å². The van der Waals surface area contributed by atoms with Gasteiger partial charge >= 0.3 is 11.9 Å². The molecule has 0 aromatic rings. The third-order valence-electron chi connectivity index (χ3n) is 7.26. The van der Waals surface area contributed by atoms with Gasteiger partial charge in [-0.3, -0.25) is 4.79 Å². The maximum atomic E-state index is 12.8. The fourth-order valence-electron chi connectivity index (χ4n) is 4.96. The molecule has 3 heterocycles. The van der Waals surface area contributed by atoms with E-state index in [0.29, 0.717) is 12.0 Å². The lowest BCUT2D eigenvalue weighted by Crippen LogP contribution is -2.58. The van der Waals surface area contributed by atoms with Gasteiger partial charge in [0.15, 0.2) is 11.9 Å². The molecular weight excluding hydrogens is 444 g/mol. The minimum Gasteiger partial charge on any atom is -0.455 e. The quantitative estimate of drug-likeness (QED) is 0.432. The van der Waals surface area contributed by atoms with E-state index in [4.69, 9.17) is 18.9 Å².